The number of hydrazine groups is 2. The van der Waals surface area contributed by atoms with Crippen LogP contribution in [0.4, 0.5) is 13.2 Å². The molecule has 152 valence electrons. The molecule has 12 heteroatoms. The molecule has 2 heterocycles. The Kier molecular flexibility index (Phi) is 5.79. The molecule has 0 aliphatic carbocycles. The van der Waals surface area contributed by atoms with Gasteiger partial charge in [0.25, 0.3) is 4.98 Å². The Labute approximate surface area is 165 Å². The molecule has 1 N–H and O–H groups in total. The second kappa shape index (κ2) is 7.95. The maximum atomic E-state index is 13.4. The number of rotatable bonds is 6. The van der Waals surface area contributed by atoms with Gasteiger partial charge in [-0.15, -0.1) is 5.01 Å². The molecule has 1 atom stereocenters. The van der Waals surface area contributed by atoms with Crippen LogP contribution in [0.1, 0.15) is 17.5 Å². The molecular formula is C16H16BrF3N3O5+. The summed E-state index contributed by atoms with van der Waals surface area (Å²) < 4.78 is 50.6. The van der Waals surface area contributed by atoms with E-state index in [9.17, 15) is 22.9 Å². The Morgan fingerprint density at radius 1 is 1.43 bits per heavy atom. The van der Waals surface area contributed by atoms with Gasteiger partial charge in [-0.2, -0.15) is 18.0 Å². The molecule has 0 saturated carbocycles. The normalized spacial score (nSPS) is 18.4. The fourth-order valence-corrected chi connectivity index (χ4v) is 3.23. The van der Waals surface area contributed by atoms with Crippen LogP contribution in [0.25, 0.3) is 6.08 Å². The molecule has 8 nitrogen and oxygen atoms in total. The summed E-state index contributed by atoms with van der Waals surface area (Å²) in [5, 5.41) is 1.37. The van der Waals surface area contributed by atoms with E-state index in [4.69, 9.17) is 9.47 Å². The van der Waals surface area contributed by atoms with Crippen LogP contribution < -0.4 is 10.3 Å². The Morgan fingerprint density at radius 3 is 2.75 bits per heavy atom. The van der Waals surface area contributed by atoms with Gasteiger partial charge >= 0.3 is 12.1 Å². The van der Waals surface area contributed by atoms with Crippen LogP contribution in [0.5, 0.6) is 5.75 Å². The lowest BCUT2D eigenvalue weighted by Crippen LogP contribution is -2.49. The second-order valence-electron chi connectivity index (χ2n) is 6.15. The number of aryl methyl sites for hydroxylation is 1. The van der Waals surface area contributed by atoms with E-state index >= 15 is 0 Å². The molecule has 0 bridgehead atoms. The molecule has 2 aliphatic heterocycles. The first-order chi connectivity index (χ1) is 13.2. The third kappa shape index (κ3) is 4.38. The smallest absolute Gasteiger partial charge is 0.430 e. The highest BCUT2D eigenvalue weighted by atomic mass is 79.9. The Balaban J connectivity index is 1.69. The molecule has 3 rings (SSSR count). The molecule has 0 radical (unpaired) electrons. The summed E-state index contributed by atoms with van der Waals surface area (Å²) in [4.78, 5) is 28.6. The summed E-state index contributed by atoms with van der Waals surface area (Å²) in [6, 6.07) is 3.14. The van der Waals surface area contributed by atoms with Gasteiger partial charge in [0.05, 0.1) is 23.6 Å². The van der Waals surface area contributed by atoms with Crippen molar-refractivity contribution in [3.8, 4) is 5.75 Å². The van der Waals surface area contributed by atoms with Crippen molar-refractivity contribution in [1.29, 1.82) is 0 Å². The third-order valence-electron chi connectivity index (χ3n) is 4.11. The van der Waals surface area contributed by atoms with Gasteiger partial charge in [-0.25, -0.2) is 4.79 Å². The molecule has 0 amide bonds. The highest BCUT2D eigenvalue weighted by Crippen LogP contribution is 2.40. The molecule has 0 aromatic heterocycles. The van der Waals surface area contributed by atoms with Crippen molar-refractivity contribution >= 4 is 28.0 Å². The summed E-state index contributed by atoms with van der Waals surface area (Å²) in [6.07, 6.45) is -5.37. The summed E-state index contributed by atoms with van der Waals surface area (Å²) in [7, 11) is 0. The van der Waals surface area contributed by atoms with E-state index < -0.39 is 30.6 Å². The van der Waals surface area contributed by atoms with Crippen LogP contribution in [0.15, 0.2) is 22.2 Å². The van der Waals surface area contributed by atoms with Crippen LogP contribution in [-0.4, -0.2) is 48.1 Å². The molecular weight excluding hydrogens is 451 g/mol. The van der Waals surface area contributed by atoms with Crippen LogP contribution in [-0.2, 0) is 14.4 Å². The number of carbonyl (C=O) groups is 1. The van der Waals surface area contributed by atoms with Crippen molar-refractivity contribution in [2.75, 3.05) is 19.9 Å². The molecule has 1 aromatic rings. The number of hydrogen-bond acceptors (Lipinski definition) is 5. The van der Waals surface area contributed by atoms with Crippen LogP contribution in [0, 0.1) is 11.8 Å². The van der Waals surface area contributed by atoms with Crippen LogP contribution in [0.3, 0.4) is 0 Å². The van der Waals surface area contributed by atoms with Crippen molar-refractivity contribution in [1.82, 2.24) is 10.6 Å². The Morgan fingerprint density at radius 2 is 2.14 bits per heavy atom. The fourth-order valence-electron chi connectivity index (χ4n) is 2.64. The highest BCUT2D eigenvalue weighted by Gasteiger charge is 2.49. The van der Waals surface area contributed by atoms with Gasteiger partial charge in [-0.05, 0) is 37.1 Å². The number of benzene rings is 1. The zero-order valence-corrected chi connectivity index (χ0v) is 16.2. The Hall–Kier alpha value is -2.34. The maximum absolute atomic E-state index is 13.4. The molecule has 1 saturated heterocycles. The average molecular weight is 467 g/mol. The van der Waals surface area contributed by atoms with E-state index in [1.807, 2.05) is 5.59 Å². The fraction of sp³-hybridized carbons (Fsp3) is 0.438. The number of nitrogens with one attached hydrogen (secondary N) is 1. The third-order valence-corrected chi connectivity index (χ3v) is 4.57. The minimum Gasteiger partial charge on any atom is -0.475 e. The quantitative estimate of drug-likeness (QED) is 0.227. The molecule has 1 fully saturated rings. The SMILES string of the molecule is Cc1cc(Br)cc2c1O[C@H](C(F)(F)F)C(C(=O)OCON[N+](=O)N1CCC1)=C2. The Bertz CT molecular complexity index is 826. The van der Waals surface area contributed by atoms with Gasteiger partial charge in [0, 0.05) is 15.6 Å². The monoisotopic (exact) mass is 466 g/mol. The first kappa shape index (κ1) is 20.4. The second-order valence-corrected chi connectivity index (χ2v) is 7.06. The minimum absolute atomic E-state index is 0.0385. The van der Waals surface area contributed by atoms with E-state index in [0.29, 0.717) is 33.7 Å². The van der Waals surface area contributed by atoms with Crippen molar-refractivity contribution in [2.45, 2.75) is 25.6 Å². The number of esters is 1. The number of halogens is 4. The number of fused-ring (bicyclic) bond motifs is 1. The molecule has 1 aromatic carbocycles. The predicted molar refractivity (Wildman–Crippen MR) is 92.3 cm³/mol. The van der Waals surface area contributed by atoms with Gasteiger partial charge in [-0.1, -0.05) is 15.9 Å². The number of nitrogens with zero attached hydrogens (tertiary/aromatic N) is 2. The van der Waals surface area contributed by atoms with E-state index in [1.165, 1.54) is 11.1 Å². The summed E-state index contributed by atoms with van der Waals surface area (Å²) in [5.74, 6) is -1.23. The van der Waals surface area contributed by atoms with Crippen LogP contribution in [0.2, 0.25) is 0 Å². The summed E-state index contributed by atoms with van der Waals surface area (Å²) in [6.45, 7) is 1.93. The lowest BCUT2D eigenvalue weighted by molar-refractivity contribution is -0.799. The lowest BCUT2D eigenvalue weighted by atomic mass is 9.99. The number of nitroso groups, excluding NO2 is 1. The van der Waals surface area contributed by atoms with Gasteiger partial charge in [0.2, 0.25) is 12.9 Å². The van der Waals surface area contributed by atoms with Gasteiger partial charge in [-0.3, -0.25) is 0 Å². The van der Waals surface area contributed by atoms with Crippen molar-refractivity contribution in [2.24, 2.45) is 0 Å². The molecule has 28 heavy (non-hydrogen) atoms. The topological polar surface area (TPSA) is 80.1 Å². The average Bonchev–Trinajstić information content (AvgIpc) is 2.54. The van der Waals surface area contributed by atoms with E-state index in [-0.39, 0.29) is 5.75 Å². The van der Waals surface area contributed by atoms with Crippen molar-refractivity contribution in [3.63, 3.8) is 0 Å². The largest absolute Gasteiger partial charge is 0.475 e. The summed E-state index contributed by atoms with van der Waals surface area (Å²) >= 11 is 3.25. The first-order valence-electron chi connectivity index (χ1n) is 8.18. The molecule has 0 unspecified atom stereocenters. The van der Waals surface area contributed by atoms with Gasteiger partial charge < -0.3 is 9.47 Å². The maximum Gasteiger partial charge on any atom is 0.430 e. The number of carbonyl (C=O) groups excluding carboxylic acids is 1. The lowest BCUT2D eigenvalue weighted by Gasteiger charge is -2.28. The van der Waals surface area contributed by atoms with E-state index in [1.54, 1.807) is 13.0 Å². The standard InChI is InChI=1S/C16H16BrF3N3O5/c1-9-5-11(17)6-10-7-12(14(16(18,19)20)28-13(9)10)15(24)26-8-27-21-23(25)22-3-2-4-22/h5-7,14H,2-4,8H2,1H3,(H,21,25)/q+1/t14-/m0/s1. The predicted octanol–water partition coefficient (Wildman–Crippen LogP) is 2.80. The first-order valence-corrected chi connectivity index (χ1v) is 8.98. The van der Waals surface area contributed by atoms with Gasteiger partial charge in [0.15, 0.2) is 0 Å². The molecule has 2 aliphatic rings. The number of alkyl halides is 3. The highest BCUT2D eigenvalue weighted by molar-refractivity contribution is 9.10. The number of hydrogen-bond donors (Lipinski definition) is 1. The van der Waals surface area contributed by atoms with Crippen molar-refractivity contribution in [3.05, 3.63) is 38.2 Å². The van der Waals surface area contributed by atoms with Crippen LogP contribution >= 0.6 is 15.9 Å². The zero-order chi connectivity index (χ0) is 20.5. The van der Waals surface area contributed by atoms with E-state index in [2.05, 4.69) is 20.8 Å². The summed E-state index contributed by atoms with van der Waals surface area (Å²) in [5.41, 5.74) is 2.03. The minimum atomic E-state index is -4.83. The molecule has 0 spiro atoms. The zero-order valence-electron chi connectivity index (χ0n) is 14.6. The van der Waals surface area contributed by atoms with Gasteiger partial charge in [0.1, 0.15) is 5.75 Å². The van der Waals surface area contributed by atoms with E-state index in [0.717, 1.165) is 12.5 Å². The number of ether oxygens (including phenoxy) is 2. The van der Waals surface area contributed by atoms with Crippen molar-refractivity contribution < 1.29 is 37.3 Å².